The van der Waals surface area contributed by atoms with Crippen molar-refractivity contribution in [3.63, 3.8) is 0 Å². The second kappa shape index (κ2) is 8.82. The van der Waals surface area contributed by atoms with Gasteiger partial charge in [-0.3, -0.25) is 4.79 Å². The van der Waals surface area contributed by atoms with E-state index in [1.165, 1.54) is 6.07 Å². The number of rotatable bonds is 5. The van der Waals surface area contributed by atoms with E-state index in [9.17, 15) is 9.18 Å². The number of halogens is 1. The number of carbonyl (C=O) groups excluding carboxylic acids is 1. The predicted octanol–water partition coefficient (Wildman–Crippen LogP) is 4.31. The van der Waals surface area contributed by atoms with Gasteiger partial charge in [0, 0.05) is 30.9 Å². The summed E-state index contributed by atoms with van der Waals surface area (Å²) in [6.07, 6.45) is 3.70. The summed E-state index contributed by atoms with van der Waals surface area (Å²) in [5.41, 5.74) is 2.29. The molecule has 1 aliphatic rings. The van der Waals surface area contributed by atoms with Crippen molar-refractivity contribution in [2.45, 2.75) is 25.2 Å². The Kier molecular flexibility index (Phi) is 5.79. The summed E-state index contributed by atoms with van der Waals surface area (Å²) >= 11 is 0. The van der Waals surface area contributed by atoms with Gasteiger partial charge in [0.25, 0.3) is 0 Å². The number of amides is 1. The second-order valence-electron chi connectivity index (χ2n) is 7.24. The molecular formula is C23H23FN4O. The quantitative estimate of drug-likeness (QED) is 0.705. The van der Waals surface area contributed by atoms with E-state index < -0.39 is 0 Å². The first-order chi connectivity index (χ1) is 14.2. The number of anilines is 2. The van der Waals surface area contributed by atoms with E-state index in [-0.39, 0.29) is 24.1 Å². The zero-order chi connectivity index (χ0) is 20.1. The Morgan fingerprint density at radius 2 is 1.90 bits per heavy atom. The maximum Gasteiger partial charge on any atom is 0.227 e. The number of hydrogen-bond donors (Lipinski definition) is 1. The first-order valence-corrected chi connectivity index (χ1v) is 9.85. The number of aromatic nitrogens is 2. The fourth-order valence-electron chi connectivity index (χ4n) is 3.67. The van der Waals surface area contributed by atoms with E-state index in [1.807, 2.05) is 41.3 Å². The molecule has 0 aliphatic carbocycles. The van der Waals surface area contributed by atoms with Crippen molar-refractivity contribution in [2.75, 3.05) is 18.4 Å². The van der Waals surface area contributed by atoms with Gasteiger partial charge in [0.2, 0.25) is 11.9 Å². The van der Waals surface area contributed by atoms with E-state index in [4.69, 9.17) is 0 Å². The minimum atomic E-state index is -0.332. The summed E-state index contributed by atoms with van der Waals surface area (Å²) in [6, 6.07) is 18.1. The van der Waals surface area contributed by atoms with Crippen molar-refractivity contribution in [2.24, 2.45) is 0 Å². The Balaban J connectivity index is 1.43. The molecule has 0 radical (unpaired) electrons. The molecule has 2 aromatic carbocycles. The minimum Gasteiger partial charge on any atom is -0.342 e. The number of carbonyl (C=O) groups is 1. The van der Waals surface area contributed by atoms with Crippen molar-refractivity contribution < 1.29 is 9.18 Å². The Morgan fingerprint density at radius 1 is 1.10 bits per heavy atom. The van der Waals surface area contributed by atoms with Crippen LogP contribution in [0.25, 0.3) is 0 Å². The third-order valence-electron chi connectivity index (χ3n) is 5.20. The molecule has 6 heteroatoms. The third kappa shape index (κ3) is 4.77. The van der Waals surface area contributed by atoms with Crippen molar-refractivity contribution in [3.05, 3.63) is 83.9 Å². The summed E-state index contributed by atoms with van der Waals surface area (Å²) < 4.78 is 13.9. The average Bonchev–Trinajstić information content (AvgIpc) is 2.76. The monoisotopic (exact) mass is 390 g/mol. The highest BCUT2D eigenvalue weighted by Crippen LogP contribution is 2.27. The molecule has 148 valence electrons. The van der Waals surface area contributed by atoms with Crippen molar-refractivity contribution in [1.29, 1.82) is 0 Å². The highest BCUT2D eigenvalue weighted by Gasteiger charge is 2.26. The van der Waals surface area contributed by atoms with Crippen LogP contribution in [0.2, 0.25) is 0 Å². The smallest absolute Gasteiger partial charge is 0.227 e. The zero-order valence-corrected chi connectivity index (χ0v) is 16.1. The summed E-state index contributed by atoms with van der Waals surface area (Å²) in [5.74, 6) is 0.314. The van der Waals surface area contributed by atoms with Crippen LogP contribution in [0.1, 0.15) is 30.0 Å². The van der Waals surface area contributed by atoms with Crippen LogP contribution in [-0.2, 0) is 11.2 Å². The van der Waals surface area contributed by atoms with Crippen LogP contribution >= 0.6 is 0 Å². The fourth-order valence-corrected chi connectivity index (χ4v) is 3.67. The predicted molar refractivity (Wildman–Crippen MR) is 110 cm³/mol. The molecule has 1 aromatic heterocycles. The van der Waals surface area contributed by atoms with E-state index in [2.05, 4.69) is 15.3 Å². The van der Waals surface area contributed by atoms with Gasteiger partial charge in [-0.1, -0.05) is 36.4 Å². The Bertz CT molecular complexity index is 979. The van der Waals surface area contributed by atoms with Gasteiger partial charge in [-0.15, -0.1) is 0 Å². The molecule has 1 amide bonds. The number of piperidine rings is 1. The molecule has 1 fully saturated rings. The Labute approximate surface area is 169 Å². The average molecular weight is 390 g/mol. The molecular weight excluding hydrogens is 367 g/mol. The molecule has 2 heterocycles. The first kappa shape index (κ1) is 19.1. The Morgan fingerprint density at radius 3 is 2.72 bits per heavy atom. The van der Waals surface area contributed by atoms with Gasteiger partial charge in [0.15, 0.2) is 0 Å². The van der Waals surface area contributed by atoms with Crippen LogP contribution in [-0.4, -0.2) is 33.9 Å². The van der Waals surface area contributed by atoms with Crippen LogP contribution in [0, 0.1) is 5.82 Å². The highest BCUT2D eigenvalue weighted by atomic mass is 19.1. The van der Waals surface area contributed by atoms with Gasteiger partial charge in [-0.2, -0.15) is 0 Å². The van der Waals surface area contributed by atoms with Gasteiger partial charge >= 0.3 is 0 Å². The topological polar surface area (TPSA) is 58.1 Å². The maximum atomic E-state index is 13.9. The summed E-state index contributed by atoms with van der Waals surface area (Å²) in [6.45, 7) is 1.29. The lowest BCUT2D eigenvalue weighted by molar-refractivity contribution is -0.131. The number of nitrogens with one attached hydrogen (secondary N) is 1. The number of para-hydroxylation sites is 1. The lowest BCUT2D eigenvalue weighted by Crippen LogP contribution is -2.40. The molecule has 4 rings (SSSR count). The molecule has 1 aliphatic heterocycles. The van der Waals surface area contributed by atoms with Crippen LogP contribution in [0.15, 0.2) is 66.9 Å². The lowest BCUT2D eigenvalue weighted by atomic mass is 9.94. The van der Waals surface area contributed by atoms with Gasteiger partial charge < -0.3 is 10.2 Å². The van der Waals surface area contributed by atoms with Crippen LogP contribution in [0.3, 0.4) is 0 Å². The van der Waals surface area contributed by atoms with Gasteiger partial charge in [-0.25, -0.2) is 14.4 Å². The van der Waals surface area contributed by atoms with Crippen molar-refractivity contribution in [1.82, 2.24) is 14.9 Å². The zero-order valence-electron chi connectivity index (χ0n) is 16.1. The largest absolute Gasteiger partial charge is 0.342 e. The van der Waals surface area contributed by atoms with Gasteiger partial charge in [0.05, 0.1) is 12.1 Å². The molecule has 29 heavy (non-hydrogen) atoms. The SMILES string of the molecule is O=C(Cc1ccccc1F)N1CCC[C@@H](c2ccnc(Nc3ccccc3)n2)C1. The Hall–Kier alpha value is -3.28. The van der Waals surface area contributed by atoms with E-state index in [0.717, 1.165) is 24.2 Å². The standard InChI is InChI=1S/C23H23FN4O/c24-20-11-5-4-7-17(20)15-22(29)28-14-6-8-18(16-28)21-12-13-25-23(27-21)26-19-9-2-1-3-10-19/h1-5,7,9-13,18H,6,8,14-16H2,(H,25,26,27)/t18-/m1/s1. The van der Waals surface area contributed by atoms with E-state index in [1.54, 1.807) is 24.4 Å². The molecule has 0 saturated carbocycles. The molecule has 5 nitrogen and oxygen atoms in total. The molecule has 3 aromatic rings. The van der Waals surface area contributed by atoms with Crippen LogP contribution in [0.4, 0.5) is 16.0 Å². The highest BCUT2D eigenvalue weighted by molar-refractivity contribution is 5.79. The molecule has 1 N–H and O–H groups in total. The second-order valence-corrected chi connectivity index (χ2v) is 7.24. The molecule has 0 spiro atoms. The number of benzene rings is 2. The summed E-state index contributed by atoms with van der Waals surface area (Å²) in [7, 11) is 0. The van der Waals surface area contributed by atoms with Crippen LogP contribution < -0.4 is 5.32 Å². The summed E-state index contributed by atoms with van der Waals surface area (Å²) in [4.78, 5) is 23.5. The van der Waals surface area contributed by atoms with Crippen molar-refractivity contribution in [3.8, 4) is 0 Å². The van der Waals surface area contributed by atoms with E-state index in [0.29, 0.717) is 24.6 Å². The number of likely N-dealkylation sites (tertiary alicyclic amines) is 1. The van der Waals surface area contributed by atoms with Crippen molar-refractivity contribution >= 4 is 17.5 Å². The molecule has 1 saturated heterocycles. The van der Waals surface area contributed by atoms with Gasteiger partial charge in [-0.05, 0) is 42.7 Å². The molecule has 0 unspecified atom stereocenters. The fraction of sp³-hybridized carbons (Fsp3) is 0.261. The third-order valence-corrected chi connectivity index (χ3v) is 5.20. The molecule has 1 atom stereocenters. The lowest BCUT2D eigenvalue weighted by Gasteiger charge is -2.32. The van der Waals surface area contributed by atoms with Gasteiger partial charge in [0.1, 0.15) is 5.82 Å². The normalized spacial score (nSPS) is 16.4. The summed E-state index contributed by atoms with van der Waals surface area (Å²) in [5, 5.41) is 3.21. The van der Waals surface area contributed by atoms with Crippen LogP contribution in [0.5, 0.6) is 0 Å². The first-order valence-electron chi connectivity index (χ1n) is 9.85. The number of nitrogens with zero attached hydrogens (tertiary/aromatic N) is 3. The minimum absolute atomic E-state index is 0.0449. The maximum absolute atomic E-state index is 13.9. The molecule has 0 bridgehead atoms. The van der Waals surface area contributed by atoms with E-state index >= 15 is 0 Å². The number of hydrogen-bond acceptors (Lipinski definition) is 4.